The van der Waals surface area contributed by atoms with E-state index in [2.05, 4.69) is 20.2 Å². The molecule has 0 saturated heterocycles. The number of benzene rings is 2. The van der Waals surface area contributed by atoms with Crippen LogP contribution in [-0.4, -0.2) is 25.3 Å². The molecule has 24 heavy (non-hydrogen) atoms. The van der Waals surface area contributed by atoms with E-state index in [1.54, 1.807) is 6.07 Å². The highest BCUT2D eigenvalue weighted by Crippen LogP contribution is 2.35. The van der Waals surface area contributed by atoms with E-state index in [1.165, 1.54) is 12.1 Å². The lowest BCUT2D eigenvalue weighted by Gasteiger charge is -1.97. The second kappa shape index (κ2) is 5.21. The number of imidazole rings is 1. The molecule has 4 rings (SSSR count). The molecule has 0 aliphatic carbocycles. The van der Waals surface area contributed by atoms with Gasteiger partial charge in [-0.25, -0.2) is 9.37 Å². The number of nitrogens with one attached hydrogen (secondary N) is 2. The third kappa shape index (κ3) is 2.09. The molecule has 0 spiro atoms. The summed E-state index contributed by atoms with van der Waals surface area (Å²) < 4.78 is 13.7. The van der Waals surface area contributed by atoms with E-state index < -0.39 is 5.82 Å². The quantitative estimate of drug-likeness (QED) is 0.527. The van der Waals surface area contributed by atoms with Crippen molar-refractivity contribution in [3.05, 3.63) is 53.8 Å². The first kappa shape index (κ1) is 14.0. The van der Waals surface area contributed by atoms with E-state index in [0.717, 1.165) is 5.56 Å². The number of nitriles is 1. The molecule has 2 aromatic heterocycles. The minimum atomic E-state index is -0.626. The summed E-state index contributed by atoms with van der Waals surface area (Å²) in [6.45, 7) is 0. The van der Waals surface area contributed by atoms with Crippen LogP contribution in [-0.2, 0) is 0 Å². The molecule has 0 aliphatic heterocycles. The fourth-order valence-electron chi connectivity index (χ4n) is 2.53. The highest BCUT2D eigenvalue weighted by molar-refractivity contribution is 5.83. The Morgan fingerprint density at radius 1 is 1.17 bits per heavy atom. The Morgan fingerprint density at radius 3 is 2.71 bits per heavy atom. The molecule has 4 aromatic rings. The molecule has 0 atom stereocenters. The third-order valence-corrected chi connectivity index (χ3v) is 3.72. The zero-order chi connectivity index (χ0) is 16.7. The maximum atomic E-state index is 13.7. The van der Waals surface area contributed by atoms with Crippen LogP contribution in [0, 0.1) is 17.1 Å². The molecule has 7 heteroatoms. The van der Waals surface area contributed by atoms with Crippen molar-refractivity contribution < 1.29 is 9.50 Å². The molecule has 6 nitrogen and oxygen atoms in total. The first-order valence-corrected chi connectivity index (χ1v) is 7.10. The van der Waals surface area contributed by atoms with Gasteiger partial charge in [-0.3, -0.25) is 5.10 Å². The van der Waals surface area contributed by atoms with Crippen molar-refractivity contribution in [3.63, 3.8) is 0 Å². The first-order chi connectivity index (χ1) is 11.7. The van der Waals surface area contributed by atoms with Gasteiger partial charge in [0.2, 0.25) is 0 Å². The van der Waals surface area contributed by atoms with E-state index in [9.17, 15) is 9.50 Å². The predicted octanol–water partition coefficient (Wildman–Crippen LogP) is 3.34. The summed E-state index contributed by atoms with van der Waals surface area (Å²) in [6, 6.07) is 13.5. The molecule has 2 aromatic carbocycles. The molecule has 3 N–H and O–H groups in total. The predicted molar refractivity (Wildman–Crippen MR) is 85.4 cm³/mol. The monoisotopic (exact) mass is 319 g/mol. The summed E-state index contributed by atoms with van der Waals surface area (Å²) in [5.41, 5.74) is 2.22. The molecular weight excluding hydrogens is 309 g/mol. The van der Waals surface area contributed by atoms with Crippen LogP contribution >= 0.6 is 0 Å². The molecule has 0 amide bonds. The molecular formula is C17H10FN5O. The number of rotatable bonds is 2. The van der Waals surface area contributed by atoms with Crippen molar-refractivity contribution in [1.29, 1.82) is 5.26 Å². The maximum absolute atomic E-state index is 13.7. The molecule has 0 unspecified atom stereocenters. The Bertz CT molecular complexity index is 1090. The van der Waals surface area contributed by atoms with Crippen LogP contribution in [0.3, 0.4) is 0 Å². The molecule has 0 fully saturated rings. The number of halogens is 1. The Kier molecular flexibility index (Phi) is 3.03. The van der Waals surface area contributed by atoms with Crippen LogP contribution < -0.4 is 0 Å². The third-order valence-electron chi connectivity index (χ3n) is 3.72. The van der Waals surface area contributed by atoms with Crippen LogP contribution in [0.4, 0.5) is 4.39 Å². The van der Waals surface area contributed by atoms with E-state index >= 15 is 0 Å². The number of hydrogen-bond acceptors (Lipinski definition) is 4. The van der Waals surface area contributed by atoms with Gasteiger partial charge in [-0.2, -0.15) is 10.4 Å². The zero-order valence-electron chi connectivity index (χ0n) is 12.2. The smallest absolute Gasteiger partial charge is 0.172 e. The van der Waals surface area contributed by atoms with Gasteiger partial charge < -0.3 is 10.1 Å². The lowest BCUT2D eigenvalue weighted by molar-refractivity contribution is 0.479. The van der Waals surface area contributed by atoms with Crippen LogP contribution in [0.15, 0.2) is 42.5 Å². The maximum Gasteiger partial charge on any atom is 0.172 e. The Labute approximate surface area is 135 Å². The van der Waals surface area contributed by atoms with Crippen molar-refractivity contribution in [2.45, 2.75) is 0 Å². The van der Waals surface area contributed by atoms with Gasteiger partial charge in [0.05, 0.1) is 16.6 Å². The Balaban J connectivity index is 1.84. The summed E-state index contributed by atoms with van der Waals surface area (Å²) in [7, 11) is 0. The van der Waals surface area contributed by atoms with Crippen molar-refractivity contribution in [2.24, 2.45) is 0 Å². The number of H-pyrrole nitrogens is 2. The van der Waals surface area contributed by atoms with Gasteiger partial charge in [0.15, 0.2) is 11.6 Å². The van der Waals surface area contributed by atoms with Gasteiger partial charge >= 0.3 is 0 Å². The lowest BCUT2D eigenvalue weighted by Crippen LogP contribution is -1.82. The Hall–Kier alpha value is -3.66. The highest BCUT2D eigenvalue weighted by atomic mass is 19.1. The van der Waals surface area contributed by atoms with E-state index in [4.69, 9.17) is 5.26 Å². The normalized spacial score (nSPS) is 10.8. The lowest BCUT2D eigenvalue weighted by atomic mass is 10.1. The van der Waals surface area contributed by atoms with Gasteiger partial charge in [-0.1, -0.05) is 30.3 Å². The minimum absolute atomic E-state index is 0.0544. The molecule has 0 radical (unpaired) electrons. The van der Waals surface area contributed by atoms with Crippen LogP contribution in [0.5, 0.6) is 5.75 Å². The van der Waals surface area contributed by atoms with Crippen LogP contribution in [0.25, 0.3) is 33.8 Å². The molecule has 116 valence electrons. The standard InChI is InChI=1S/C17H10FN5O/c18-11-7-13-12(6-10(11)8-19)20-17(21-13)15-16(24)14(22-23-15)9-4-2-1-3-5-9/h1-7,24H,(H,20,21)(H,22,23). The van der Waals surface area contributed by atoms with E-state index in [-0.39, 0.29) is 11.3 Å². The second-order valence-electron chi connectivity index (χ2n) is 5.21. The van der Waals surface area contributed by atoms with Crippen LogP contribution in [0.1, 0.15) is 5.56 Å². The fourth-order valence-corrected chi connectivity index (χ4v) is 2.53. The van der Waals surface area contributed by atoms with Crippen molar-refractivity contribution in [2.75, 3.05) is 0 Å². The number of hydrogen-bond donors (Lipinski definition) is 3. The van der Waals surface area contributed by atoms with Crippen molar-refractivity contribution in [3.8, 4) is 34.6 Å². The number of fused-ring (bicyclic) bond motifs is 1. The van der Waals surface area contributed by atoms with Gasteiger partial charge in [0.25, 0.3) is 0 Å². The zero-order valence-corrected chi connectivity index (χ0v) is 12.2. The number of aromatic hydroxyl groups is 1. The van der Waals surface area contributed by atoms with E-state index in [1.807, 2.05) is 30.3 Å². The largest absolute Gasteiger partial charge is 0.504 e. The van der Waals surface area contributed by atoms with Gasteiger partial charge in [0.1, 0.15) is 23.3 Å². The fraction of sp³-hybridized carbons (Fsp3) is 0. The van der Waals surface area contributed by atoms with Crippen molar-refractivity contribution >= 4 is 11.0 Å². The van der Waals surface area contributed by atoms with Crippen molar-refractivity contribution in [1.82, 2.24) is 20.2 Å². The van der Waals surface area contributed by atoms with Crippen LogP contribution in [0.2, 0.25) is 0 Å². The van der Waals surface area contributed by atoms with E-state index in [0.29, 0.717) is 28.2 Å². The topological polar surface area (TPSA) is 101 Å². The average molecular weight is 319 g/mol. The molecule has 0 bridgehead atoms. The first-order valence-electron chi connectivity index (χ1n) is 7.10. The second-order valence-corrected chi connectivity index (χ2v) is 5.21. The summed E-state index contributed by atoms with van der Waals surface area (Å²) in [6.07, 6.45) is 0. The number of nitrogens with zero attached hydrogens (tertiary/aromatic N) is 3. The Morgan fingerprint density at radius 2 is 1.96 bits per heavy atom. The summed E-state index contributed by atoms with van der Waals surface area (Å²) in [4.78, 5) is 7.21. The number of aromatic nitrogens is 4. The molecule has 0 aliphatic rings. The summed E-state index contributed by atoms with van der Waals surface area (Å²) in [5, 5.41) is 26.2. The average Bonchev–Trinajstić information content (AvgIpc) is 3.17. The van der Waals surface area contributed by atoms with Gasteiger partial charge in [0, 0.05) is 11.6 Å². The van der Waals surface area contributed by atoms with Gasteiger partial charge in [-0.05, 0) is 6.07 Å². The molecule has 2 heterocycles. The van der Waals surface area contributed by atoms with Gasteiger partial charge in [-0.15, -0.1) is 0 Å². The SMILES string of the molecule is N#Cc1cc2nc(-c3[nH]nc(-c4ccccc4)c3O)[nH]c2cc1F. The summed E-state index contributed by atoms with van der Waals surface area (Å²) >= 11 is 0. The highest BCUT2D eigenvalue weighted by Gasteiger charge is 2.18. The summed E-state index contributed by atoms with van der Waals surface area (Å²) in [5.74, 6) is -0.369. The molecule has 0 saturated carbocycles. The minimum Gasteiger partial charge on any atom is -0.504 e. The number of aromatic amines is 2.